The minimum Gasteiger partial charge on any atom is -1.00 e. The van der Waals surface area contributed by atoms with Gasteiger partial charge in [0, 0.05) is 0 Å². The van der Waals surface area contributed by atoms with Gasteiger partial charge in [-0.2, -0.15) is 5.10 Å². The van der Waals surface area contributed by atoms with Crippen LogP contribution in [0.2, 0.25) is 0 Å². The Kier molecular flexibility index (Phi) is 4.35. The van der Waals surface area contributed by atoms with Gasteiger partial charge >= 0.3 is 18.9 Å². The smallest absolute Gasteiger partial charge is 1.00 e. The molecule has 0 saturated heterocycles. The minimum atomic E-state index is -2.15. The fourth-order valence-corrected chi connectivity index (χ4v) is 1.45. The number of rotatable bonds is 2. The van der Waals surface area contributed by atoms with Gasteiger partial charge < -0.3 is 15.6 Å². The third-order valence-electron chi connectivity index (χ3n) is 1.57. The molecule has 0 saturated carbocycles. The van der Waals surface area contributed by atoms with E-state index in [-0.39, 0.29) is 31.2 Å². The number of hydrogen-bond donors (Lipinski definition) is 2. The van der Waals surface area contributed by atoms with E-state index in [2.05, 4.69) is 15.4 Å². The third-order valence-corrected chi connectivity index (χ3v) is 2.23. The van der Waals surface area contributed by atoms with Crippen molar-refractivity contribution < 1.29 is 38.6 Å². The molecule has 0 aromatic carbocycles. The van der Waals surface area contributed by atoms with E-state index in [0.717, 1.165) is 0 Å². The van der Waals surface area contributed by atoms with E-state index in [1.807, 2.05) is 0 Å². The Bertz CT molecular complexity index is 399. The van der Waals surface area contributed by atoms with E-state index in [1.165, 1.54) is 6.20 Å². The van der Waals surface area contributed by atoms with Crippen LogP contribution in [-0.4, -0.2) is 38.1 Å². The van der Waals surface area contributed by atoms with Crippen LogP contribution in [0.4, 0.5) is 0 Å². The molecule has 2 heterocycles. The van der Waals surface area contributed by atoms with Crippen LogP contribution < -0.4 is 18.9 Å². The number of oxime groups is 1. The number of aromatic amines is 1. The van der Waals surface area contributed by atoms with Crippen LogP contribution in [0.1, 0.15) is 6.99 Å². The van der Waals surface area contributed by atoms with Gasteiger partial charge in [0.2, 0.25) is 11.1 Å². The third kappa shape index (κ3) is 2.60. The second kappa shape index (κ2) is 5.32. The van der Waals surface area contributed by atoms with Crippen molar-refractivity contribution in [3.63, 3.8) is 0 Å². The largest absolute Gasteiger partial charge is 1.00 e. The summed E-state index contributed by atoms with van der Waals surface area (Å²) in [5.41, 5.74) is 0.338. The van der Waals surface area contributed by atoms with Gasteiger partial charge in [-0.15, -0.1) is 0 Å². The molecule has 0 radical (unpaired) electrons. The average molecular weight is 225 g/mol. The summed E-state index contributed by atoms with van der Waals surface area (Å²) in [5.74, 6) is 0.169. The molecule has 1 aromatic rings. The Labute approximate surface area is 101 Å². The molecule has 1 unspecified atom stereocenters. The van der Waals surface area contributed by atoms with Crippen molar-refractivity contribution in [2.75, 3.05) is 13.2 Å². The van der Waals surface area contributed by atoms with Crippen LogP contribution in [0.25, 0.3) is 0 Å². The van der Waals surface area contributed by atoms with Crippen LogP contribution in [0.3, 0.4) is 0 Å². The zero-order chi connectivity index (χ0) is 9.97. The molecule has 9 heteroatoms. The van der Waals surface area contributed by atoms with E-state index in [0.29, 0.717) is 18.8 Å². The summed E-state index contributed by atoms with van der Waals surface area (Å²) < 4.78 is 24.8. The van der Waals surface area contributed by atoms with E-state index in [4.69, 9.17) is 14.1 Å². The van der Waals surface area contributed by atoms with E-state index < -0.39 is 11.1 Å². The van der Waals surface area contributed by atoms with Crippen molar-refractivity contribution in [1.82, 2.24) is 10.2 Å². The molecule has 0 fully saturated rings. The first-order valence-electron chi connectivity index (χ1n) is 3.76. The average Bonchev–Trinajstić information content (AvgIpc) is 2.67. The number of aromatic nitrogens is 2. The molecule has 0 amide bonds. The summed E-state index contributed by atoms with van der Waals surface area (Å²) in [6.45, 7) is 0.737. The quantitative estimate of drug-likeness (QED) is 0.408. The second-order valence-corrected chi connectivity index (χ2v) is 3.35. The maximum Gasteiger partial charge on any atom is 1.00 e. The SMILES string of the molecule is O=S(O)c1[nH]ncc1C1=NOCCO1.[H-].[Li+]. The van der Waals surface area contributed by atoms with Crippen molar-refractivity contribution in [2.45, 2.75) is 5.03 Å². The fraction of sp³-hybridized carbons (Fsp3) is 0.333. The maximum absolute atomic E-state index is 10.8. The molecule has 0 bridgehead atoms. The first kappa shape index (κ1) is 12.3. The first-order chi connectivity index (χ1) is 6.79. The molecule has 78 valence electrons. The van der Waals surface area contributed by atoms with Crippen molar-refractivity contribution >= 4 is 17.0 Å². The molecule has 7 nitrogen and oxygen atoms in total. The molecule has 15 heavy (non-hydrogen) atoms. The molecular weight excluding hydrogens is 217 g/mol. The monoisotopic (exact) mass is 225 g/mol. The zero-order valence-corrected chi connectivity index (χ0v) is 8.78. The van der Waals surface area contributed by atoms with Crippen LogP contribution in [0, 0.1) is 0 Å². The van der Waals surface area contributed by atoms with Gasteiger partial charge in [0.15, 0.2) is 11.6 Å². The fourth-order valence-electron chi connectivity index (χ4n) is 0.993. The summed E-state index contributed by atoms with van der Waals surface area (Å²) in [7, 11) is 0. The second-order valence-electron chi connectivity index (χ2n) is 2.44. The Balaban J connectivity index is 0.00000112. The molecule has 1 aliphatic heterocycles. The Morgan fingerprint density at radius 2 is 2.40 bits per heavy atom. The molecule has 0 spiro atoms. The van der Waals surface area contributed by atoms with Crippen molar-refractivity contribution in [2.24, 2.45) is 5.16 Å². The maximum atomic E-state index is 10.8. The van der Waals surface area contributed by atoms with Crippen LogP contribution in [0.15, 0.2) is 16.4 Å². The van der Waals surface area contributed by atoms with E-state index in [9.17, 15) is 4.21 Å². The molecule has 2 rings (SSSR count). The van der Waals surface area contributed by atoms with Gasteiger partial charge in [-0.3, -0.25) is 5.10 Å². The summed E-state index contributed by atoms with van der Waals surface area (Å²) in [6, 6.07) is 0. The van der Waals surface area contributed by atoms with Gasteiger partial charge in [0.1, 0.15) is 6.61 Å². The van der Waals surface area contributed by atoms with Crippen LogP contribution in [0.5, 0.6) is 0 Å². The summed E-state index contributed by atoms with van der Waals surface area (Å²) in [4.78, 5) is 4.78. The van der Waals surface area contributed by atoms with Crippen molar-refractivity contribution in [1.29, 1.82) is 0 Å². The number of nitrogens with zero attached hydrogens (tertiary/aromatic N) is 2. The van der Waals surface area contributed by atoms with E-state index >= 15 is 0 Å². The van der Waals surface area contributed by atoms with Crippen LogP contribution in [-0.2, 0) is 20.7 Å². The molecule has 1 atom stereocenters. The number of nitrogens with one attached hydrogen (secondary N) is 1. The Morgan fingerprint density at radius 3 is 3.00 bits per heavy atom. The van der Waals surface area contributed by atoms with E-state index in [1.54, 1.807) is 0 Å². The predicted octanol–water partition coefficient (Wildman–Crippen LogP) is -3.18. The molecular formula is C6H8LiN3O4S. The van der Waals surface area contributed by atoms with Crippen LogP contribution >= 0.6 is 0 Å². The predicted molar refractivity (Wildman–Crippen MR) is 47.2 cm³/mol. The summed E-state index contributed by atoms with van der Waals surface area (Å²) in [6.07, 6.45) is 1.36. The van der Waals surface area contributed by atoms with Gasteiger partial charge in [-0.05, 0) is 5.16 Å². The summed E-state index contributed by atoms with van der Waals surface area (Å²) in [5, 5.41) is 9.66. The molecule has 1 aromatic heterocycles. The number of ether oxygens (including phenoxy) is 1. The molecule has 1 aliphatic rings. The normalized spacial score (nSPS) is 16.7. The Hall–Kier alpha value is -0.813. The number of hydrogen-bond acceptors (Lipinski definition) is 5. The topological polar surface area (TPSA) is 96.8 Å². The minimum absolute atomic E-state index is 0. The zero-order valence-electron chi connectivity index (χ0n) is 8.97. The Morgan fingerprint density at radius 1 is 1.60 bits per heavy atom. The standard InChI is InChI=1S/C6H7N3O4S.Li.H/c10-14(11)6-4(3-7-8-6)5-9-13-2-1-12-5;;/h3H,1-2H2,(H,7,8)(H,10,11);;/q;+1;-1. The van der Waals surface area contributed by atoms with Gasteiger partial charge in [-0.25, -0.2) is 4.21 Å². The van der Waals surface area contributed by atoms with Gasteiger partial charge in [0.25, 0.3) is 5.90 Å². The summed E-state index contributed by atoms with van der Waals surface area (Å²) >= 11 is -2.15. The van der Waals surface area contributed by atoms with Crippen molar-refractivity contribution in [3.8, 4) is 0 Å². The molecule has 2 N–H and O–H groups in total. The van der Waals surface area contributed by atoms with Crippen molar-refractivity contribution in [3.05, 3.63) is 11.8 Å². The first-order valence-corrected chi connectivity index (χ1v) is 4.87. The number of H-pyrrole nitrogens is 1. The molecule has 0 aliphatic carbocycles. The van der Waals surface area contributed by atoms with Gasteiger partial charge in [-0.1, -0.05) is 0 Å². The van der Waals surface area contributed by atoms with Gasteiger partial charge in [0.05, 0.1) is 11.8 Å².